The van der Waals surface area contributed by atoms with Crippen molar-refractivity contribution in [1.82, 2.24) is 0 Å². The second-order valence-corrected chi connectivity index (χ2v) is 8.63. The van der Waals surface area contributed by atoms with Crippen LogP contribution in [0.4, 0.5) is 0 Å². The third-order valence-electron chi connectivity index (χ3n) is 2.56. The van der Waals surface area contributed by atoms with Crippen molar-refractivity contribution >= 4 is 8.80 Å². The van der Waals surface area contributed by atoms with E-state index in [9.17, 15) is 10.2 Å². The van der Waals surface area contributed by atoms with Gasteiger partial charge < -0.3 is 19.7 Å². The predicted molar refractivity (Wildman–Crippen MR) is 69.6 cm³/mol. The maximum atomic E-state index is 10.1. The molecule has 0 amide bonds. The van der Waals surface area contributed by atoms with Gasteiger partial charge >= 0.3 is 0 Å². The summed E-state index contributed by atoms with van der Waals surface area (Å²) in [4.78, 5) is 0. The molecule has 2 N–H and O–H groups in total. The van der Waals surface area contributed by atoms with Gasteiger partial charge in [-0.15, -0.1) is 0 Å². The highest BCUT2D eigenvalue weighted by Crippen LogP contribution is 2.25. The molecule has 0 aromatic heterocycles. The van der Waals surface area contributed by atoms with Gasteiger partial charge in [-0.05, 0) is 26.8 Å². The molecule has 0 spiro atoms. The number of hydrogen-bond acceptors (Lipinski definition) is 4. The Balaban J connectivity index is 2.84. The van der Waals surface area contributed by atoms with Crippen molar-refractivity contribution in [3.8, 4) is 0 Å². The number of ether oxygens (including phenoxy) is 2. The molecule has 5 heteroatoms. The monoisotopic (exact) mass is 260 g/mol. The number of hydrogen-bond donors (Lipinski definition) is 2. The highest BCUT2D eigenvalue weighted by atomic mass is 28.3. The Morgan fingerprint density at radius 1 is 1.41 bits per heavy atom. The average Bonchev–Trinajstić information content (AvgIpc) is 2.18. The maximum Gasteiger partial charge on any atom is 0.149 e. The second kappa shape index (κ2) is 5.52. The summed E-state index contributed by atoms with van der Waals surface area (Å²) >= 11 is 0. The van der Waals surface area contributed by atoms with Gasteiger partial charge in [0, 0.05) is 0 Å². The van der Waals surface area contributed by atoms with Gasteiger partial charge in [0.05, 0.1) is 17.6 Å². The molecule has 1 rings (SSSR count). The van der Waals surface area contributed by atoms with E-state index in [-0.39, 0.29) is 12.2 Å². The summed E-state index contributed by atoms with van der Waals surface area (Å²) in [5.41, 5.74) is -0.372. The van der Waals surface area contributed by atoms with Crippen LogP contribution in [0.2, 0.25) is 13.1 Å². The minimum absolute atomic E-state index is 0.143. The number of rotatable bonds is 3. The van der Waals surface area contributed by atoms with E-state index in [4.69, 9.17) is 9.47 Å². The summed E-state index contributed by atoms with van der Waals surface area (Å²) < 4.78 is 11.5. The lowest BCUT2D eigenvalue weighted by Crippen LogP contribution is -2.49. The Labute approximate surface area is 105 Å². The zero-order chi connectivity index (χ0) is 13.2. The van der Waals surface area contributed by atoms with E-state index in [1.807, 2.05) is 20.8 Å². The molecular weight excluding hydrogens is 236 g/mol. The van der Waals surface area contributed by atoms with Crippen LogP contribution in [0.3, 0.4) is 0 Å². The molecule has 0 saturated carbocycles. The highest BCUT2D eigenvalue weighted by Gasteiger charge is 2.37. The quantitative estimate of drug-likeness (QED) is 0.738. The number of aliphatic hydroxyl groups excluding tert-OH is 2. The summed E-state index contributed by atoms with van der Waals surface area (Å²) in [5.74, 6) is 0. The molecule has 4 nitrogen and oxygen atoms in total. The van der Waals surface area contributed by atoms with E-state index in [0.717, 1.165) is 5.38 Å². The fourth-order valence-electron chi connectivity index (χ4n) is 1.79. The molecule has 1 aliphatic heterocycles. The minimum atomic E-state index is -1.11. The first kappa shape index (κ1) is 14.7. The van der Waals surface area contributed by atoms with Crippen LogP contribution in [0, 0.1) is 0 Å². The molecule has 0 aromatic rings. The molecule has 0 aromatic carbocycles. The Kier molecular flexibility index (Phi) is 4.77. The molecule has 1 aliphatic rings. The van der Waals surface area contributed by atoms with E-state index in [1.165, 1.54) is 0 Å². The van der Waals surface area contributed by atoms with Crippen LogP contribution in [-0.4, -0.2) is 49.5 Å². The second-order valence-electron chi connectivity index (χ2n) is 5.75. The largest absolute Gasteiger partial charge is 0.495 e. The molecule has 100 valence electrons. The predicted octanol–water partition coefficient (Wildman–Crippen LogP) is 0.832. The first-order valence-electron chi connectivity index (χ1n) is 6.09. The van der Waals surface area contributed by atoms with Gasteiger partial charge in [0.25, 0.3) is 0 Å². The van der Waals surface area contributed by atoms with Crippen molar-refractivity contribution in [2.75, 3.05) is 6.61 Å². The summed E-state index contributed by atoms with van der Waals surface area (Å²) in [5, 5.41) is 20.3. The van der Waals surface area contributed by atoms with Crippen molar-refractivity contribution < 1.29 is 19.7 Å². The molecular formula is C12H24O4Si. The smallest absolute Gasteiger partial charge is 0.149 e. The Morgan fingerprint density at radius 2 is 2.00 bits per heavy atom. The van der Waals surface area contributed by atoms with Crippen LogP contribution in [0.25, 0.3) is 0 Å². The summed E-state index contributed by atoms with van der Waals surface area (Å²) in [6.45, 7) is 9.87. The molecule has 17 heavy (non-hydrogen) atoms. The fourth-order valence-corrected chi connectivity index (χ4v) is 2.82. The lowest BCUT2D eigenvalue weighted by Gasteiger charge is -2.38. The van der Waals surface area contributed by atoms with Crippen molar-refractivity contribution in [2.45, 2.75) is 57.8 Å². The molecule has 3 atom stereocenters. The van der Waals surface area contributed by atoms with E-state index >= 15 is 0 Å². The van der Waals surface area contributed by atoms with E-state index < -0.39 is 27.1 Å². The van der Waals surface area contributed by atoms with Crippen molar-refractivity contribution in [3.05, 3.63) is 11.5 Å². The van der Waals surface area contributed by atoms with Crippen LogP contribution in [0.1, 0.15) is 20.8 Å². The zero-order valence-electron chi connectivity index (χ0n) is 11.3. The SMILES string of the molecule is C[SiH](C)C1=C[C@@H](O)[C@H](OC(C)(C)C)[C@@H](CO)O1. The molecule has 0 bridgehead atoms. The normalized spacial score (nSPS) is 30.1. The Hall–Kier alpha value is -0.363. The van der Waals surface area contributed by atoms with Gasteiger partial charge in [-0.1, -0.05) is 13.1 Å². The van der Waals surface area contributed by atoms with E-state index in [1.54, 1.807) is 6.08 Å². The topological polar surface area (TPSA) is 58.9 Å². The van der Waals surface area contributed by atoms with Crippen molar-refractivity contribution in [3.63, 3.8) is 0 Å². The van der Waals surface area contributed by atoms with Crippen LogP contribution >= 0.6 is 0 Å². The third kappa shape index (κ3) is 4.10. The van der Waals surface area contributed by atoms with Gasteiger partial charge in [0.15, 0.2) is 0 Å². The molecule has 0 fully saturated rings. The van der Waals surface area contributed by atoms with Gasteiger partial charge in [-0.25, -0.2) is 0 Å². The van der Waals surface area contributed by atoms with Crippen LogP contribution < -0.4 is 0 Å². The molecule has 0 saturated heterocycles. The average molecular weight is 260 g/mol. The lowest BCUT2D eigenvalue weighted by molar-refractivity contribution is -0.165. The summed E-state index contributed by atoms with van der Waals surface area (Å²) in [6.07, 6.45) is 0.0556. The maximum absolute atomic E-state index is 10.1. The fraction of sp³-hybridized carbons (Fsp3) is 0.833. The molecule has 1 heterocycles. The Morgan fingerprint density at radius 3 is 2.41 bits per heavy atom. The lowest BCUT2D eigenvalue weighted by atomic mass is 10.0. The zero-order valence-corrected chi connectivity index (χ0v) is 12.5. The molecule has 0 aliphatic carbocycles. The van der Waals surface area contributed by atoms with E-state index in [0.29, 0.717) is 0 Å². The van der Waals surface area contributed by atoms with Crippen LogP contribution in [0.15, 0.2) is 11.5 Å². The minimum Gasteiger partial charge on any atom is -0.495 e. The van der Waals surface area contributed by atoms with Crippen LogP contribution in [-0.2, 0) is 9.47 Å². The van der Waals surface area contributed by atoms with Gasteiger partial charge in [0.2, 0.25) is 0 Å². The molecule has 0 radical (unpaired) electrons. The third-order valence-corrected chi connectivity index (χ3v) is 4.03. The van der Waals surface area contributed by atoms with E-state index in [2.05, 4.69) is 13.1 Å². The first-order valence-corrected chi connectivity index (χ1v) is 8.98. The standard InChI is InChI=1S/C12H24O4Si/c1-12(2,3)16-11-8(14)6-10(17(4)5)15-9(11)7-13/h6,8-9,11,13-14,17H,7H2,1-5H3/t8-,9-,11+/m1/s1. The summed E-state index contributed by atoms with van der Waals surface area (Å²) in [6, 6.07) is 0. The summed E-state index contributed by atoms with van der Waals surface area (Å²) in [7, 11) is -1.11. The highest BCUT2D eigenvalue weighted by molar-refractivity contribution is 6.63. The van der Waals surface area contributed by atoms with Crippen molar-refractivity contribution in [2.24, 2.45) is 0 Å². The van der Waals surface area contributed by atoms with Gasteiger partial charge in [0.1, 0.15) is 27.1 Å². The van der Waals surface area contributed by atoms with Crippen molar-refractivity contribution in [1.29, 1.82) is 0 Å². The Bertz CT molecular complexity index is 283. The van der Waals surface area contributed by atoms with Gasteiger partial charge in [-0.2, -0.15) is 0 Å². The molecule has 0 unspecified atom stereocenters. The van der Waals surface area contributed by atoms with Crippen LogP contribution in [0.5, 0.6) is 0 Å². The number of aliphatic hydroxyl groups is 2. The van der Waals surface area contributed by atoms with Gasteiger partial charge in [-0.3, -0.25) is 0 Å². The first-order chi connectivity index (χ1) is 7.74.